The number of aromatic nitrogens is 4. The molecule has 2 rings (SSSR count). The normalized spacial score (nSPS) is 11.7. The Morgan fingerprint density at radius 2 is 2.14 bits per heavy atom. The topological polar surface area (TPSA) is 64.9 Å². The SMILES string of the molecule is CCNCc1nnnn1-c1ccc(Br)cc1OC(F)(F)F. The highest BCUT2D eigenvalue weighted by Gasteiger charge is 2.33. The minimum atomic E-state index is -4.80. The molecule has 6 nitrogen and oxygen atoms in total. The highest BCUT2D eigenvalue weighted by atomic mass is 79.9. The molecule has 2 aromatic rings. The zero-order valence-electron chi connectivity index (χ0n) is 10.9. The van der Waals surface area contributed by atoms with Crippen LogP contribution in [0.25, 0.3) is 5.69 Å². The minimum Gasteiger partial charge on any atom is -0.403 e. The molecular formula is C11H11BrF3N5O. The number of rotatable bonds is 5. The molecule has 0 radical (unpaired) electrons. The van der Waals surface area contributed by atoms with Crippen molar-refractivity contribution < 1.29 is 17.9 Å². The summed E-state index contributed by atoms with van der Waals surface area (Å²) in [6.45, 7) is 2.90. The lowest BCUT2D eigenvalue weighted by molar-refractivity contribution is -0.274. The third-order valence-corrected chi connectivity index (χ3v) is 2.94. The van der Waals surface area contributed by atoms with Gasteiger partial charge in [0.05, 0.1) is 6.54 Å². The predicted molar refractivity (Wildman–Crippen MR) is 70.9 cm³/mol. The van der Waals surface area contributed by atoms with E-state index in [0.29, 0.717) is 23.4 Å². The summed E-state index contributed by atoms with van der Waals surface area (Å²) in [5.41, 5.74) is 0.105. The molecule has 1 heterocycles. The third kappa shape index (κ3) is 4.14. The summed E-state index contributed by atoms with van der Waals surface area (Å²) in [4.78, 5) is 0. The van der Waals surface area contributed by atoms with Crippen LogP contribution in [-0.4, -0.2) is 33.1 Å². The number of halogens is 4. The Kier molecular flexibility index (Phi) is 4.78. The van der Waals surface area contributed by atoms with Crippen molar-refractivity contribution in [3.05, 3.63) is 28.5 Å². The van der Waals surface area contributed by atoms with Gasteiger partial charge in [0.15, 0.2) is 11.6 Å². The van der Waals surface area contributed by atoms with Gasteiger partial charge in [-0.15, -0.1) is 18.3 Å². The number of nitrogens with one attached hydrogen (secondary N) is 1. The Hall–Kier alpha value is -1.68. The molecule has 0 saturated carbocycles. The Bertz CT molecular complexity index is 616. The molecule has 0 aliphatic heterocycles. The van der Waals surface area contributed by atoms with Crippen molar-refractivity contribution in [2.24, 2.45) is 0 Å². The Morgan fingerprint density at radius 1 is 1.38 bits per heavy atom. The van der Waals surface area contributed by atoms with Crippen LogP contribution in [0.15, 0.2) is 22.7 Å². The number of tetrazole rings is 1. The zero-order valence-corrected chi connectivity index (χ0v) is 12.4. The van der Waals surface area contributed by atoms with Gasteiger partial charge < -0.3 is 10.1 Å². The molecular weight excluding hydrogens is 355 g/mol. The van der Waals surface area contributed by atoms with Gasteiger partial charge in [0.1, 0.15) is 5.69 Å². The van der Waals surface area contributed by atoms with Crippen molar-refractivity contribution in [1.29, 1.82) is 0 Å². The van der Waals surface area contributed by atoms with Crippen LogP contribution in [-0.2, 0) is 6.54 Å². The summed E-state index contributed by atoms with van der Waals surface area (Å²) >= 11 is 3.11. The molecule has 1 aromatic carbocycles. The summed E-state index contributed by atoms with van der Waals surface area (Å²) in [6.07, 6.45) is -4.80. The molecule has 0 unspecified atom stereocenters. The van der Waals surface area contributed by atoms with Crippen molar-refractivity contribution in [3.63, 3.8) is 0 Å². The second-order valence-corrected chi connectivity index (χ2v) is 4.86. The summed E-state index contributed by atoms with van der Waals surface area (Å²) < 4.78 is 43.1. The quantitative estimate of drug-likeness (QED) is 0.881. The van der Waals surface area contributed by atoms with Crippen LogP contribution < -0.4 is 10.1 Å². The largest absolute Gasteiger partial charge is 0.573 e. The van der Waals surface area contributed by atoms with Gasteiger partial charge >= 0.3 is 6.36 Å². The van der Waals surface area contributed by atoms with Gasteiger partial charge in [0, 0.05) is 4.47 Å². The van der Waals surface area contributed by atoms with Gasteiger partial charge in [-0.05, 0) is 35.2 Å². The summed E-state index contributed by atoms with van der Waals surface area (Å²) in [5, 5.41) is 14.0. The standard InChI is InChI=1S/C11H11BrF3N5O/c1-2-16-6-10-17-18-19-20(10)8-4-3-7(12)5-9(8)21-11(13,14)15/h3-5,16H,2,6H2,1H3. The van der Waals surface area contributed by atoms with Gasteiger partial charge in [-0.3, -0.25) is 0 Å². The molecule has 0 atom stereocenters. The smallest absolute Gasteiger partial charge is 0.403 e. The second kappa shape index (κ2) is 6.39. The first-order valence-corrected chi connectivity index (χ1v) is 6.73. The van der Waals surface area contributed by atoms with E-state index in [4.69, 9.17) is 0 Å². The molecule has 1 N–H and O–H groups in total. The first-order valence-electron chi connectivity index (χ1n) is 5.94. The van der Waals surface area contributed by atoms with Gasteiger partial charge in [-0.2, -0.15) is 4.68 Å². The summed E-state index contributed by atoms with van der Waals surface area (Å²) in [6, 6.07) is 4.23. The van der Waals surface area contributed by atoms with E-state index in [9.17, 15) is 13.2 Å². The van der Waals surface area contributed by atoms with E-state index in [1.165, 1.54) is 16.8 Å². The van der Waals surface area contributed by atoms with Crippen molar-refractivity contribution in [3.8, 4) is 11.4 Å². The molecule has 0 aliphatic rings. The maximum atomic E-state index is 12.5. The minimum absolute atomic E-state index is 0.105. The van der Waals surface area contributed by atoms with Crippen LogP contribution in [0.1, 0.15) is 12.7 Å². The van der Waals surface area contributed by atoms with Crippen LogP contribution in [0.5, 0.6) is 5.75 Å². The fourth-order valence-electron chi connectivity index (χ4n) is 1.61. The number of nitrogens with zero attached hydrogens (tertiary/aromatic N) is 4. The number of alkyl halides is 3. The Labute approximate surface area is 126 Å². The number of hydrogen-bond donors (Lipinski definition) is 1. The predicted octanol–water partition coefficient (Wildman–Crippen LogP) is 2.43. The highest BCUT2D eigenvalue weighted by molar-refractivity contribution is 9.10. The van der Waals surface area contributed by atoms with Crippen LogP contribution in [0.4, 0.5) is 13.2 Å². The molecule has 0 aliphatic carbocycles. The molecule has 0 amide bonds. The van der Waals surface area contributed by atoms with E-state index < -0.39 is 6.36 Å². The van der Waals surface area contributed by atoms with Crippen LogP contribution >= 0.6 is 15.9 Å². The van der Waals surface area contributed by atoms with Crippen molar-refractivity contribution in [1.82, 2.24) is 25.5 Å². The summed E-state index contributed by atoms with van der Waals surface area (Å²) in [7, 11) is 0. The zero-order chi connectivity index (χ0) is 15.5. The maximum absolute atomic E-state index is 12.5. The molecule has 21 heavy (non-hydrogen) atoms. The number of hydrogen-bond acceptors (Lipinski definition) is 5. The highest BCUT2D eigenvalue weighted by Crippen LogP contribution is 2.31. The van der Waals surface area contributed by atoms with E-state index >= 15 is 0 Å². The van der Waals surface area contributed by atoms with Crippen molar-refractivity contribution >= 4 is 15.9 Å². The van der Waals surface area contributed by atoms with E-state index in [1.54, 1.807) is 6.07 Å². The molecule has 114 valence electrons. The van der Waals surface area contributed by atoms with Crippen molar-refractivity contribution in [2.75, 3.05) is 6.54 Å². The lowest BCUT2D eigenvalue weighted by Gasteiger charge is -2.14. The second-order valence-electron chi connectivity index (χ2n) is 3.95. The van der Waals surface area contributed by atoms with E-state index in [0.717, 1.165) is 0 Å². The molecule has 0 spiro atoms. The Balaban J connectivity index is 2.41. The lowest BCUT2D eigenvalue weighted by Crippen LogP contribution is -2.20. The molecule has 0 fully saturated rings. The molecule has 0 bridgehead atoms. The van der Waals surface area contributed by atoms with E-state index in [-0.39, 0.29) is 11.4 Å². The summed E-state index contributed by atoms with van der Waals surface area (Å²) in [5.74, 6) is -0.00637. The maximum Gasteiger partial charge on any atom is 0.573 e. The van der Waals surface area contributed by atoms with Crippen LogP contribution in [0.3, 0.4) is 0 Å². The molecule has 1 aromatic heterocycles. The molecule has 10 heteroatoms. The number of benzene rings is 1. The lowest BCUT2D eigenvalue weighted by atomic mass is 10.3. The molecule has 0 saturated heterocycles. The van der Waals surface area contributed by atoms with Crippen molar-refractivity contribution in [2.45, 2.75) is 19.8 Å². The number of ether oxygens (including phenoxy) is 1. The van der Waals surface area contributed by atoms with Gasteiger partial charge in [-0.25, -0.2) is 0 Å². The van der Waals surface area contributed by atoms with Crippen LogP contribution in [0, 0.1) is 0 Å². The van der Waals surface area contributed by atoms with Gasteiger partial charge in [-0.1, -0.05) is 22.9 Å². The Morgan fingerprint density at radius 3 is 2.81 bits per heavy atom. The van der Waals surface area contributed by atoms with E-state index in [1.807, 2.05) is 6.92 Å². The fourth-order valence-corrected chi connectivity index (χ4v) is 1.95. The average Bonchev–Trinajstić information content (AvgIpc) is 2.82. The average molecular weight is 366 g/mol. The third-order valence-electron chi connectivity index (χ3n) is 2.44. The van der Waals surface area contributed by atoms with Crippen LogP contribution in [0.2, 0.25) is 0 Å². The van der Waals surface area contributed by atoms with E-state index in [2.05, 4.69) is 41.5 Å². The first-order chi connectivity index (χ1) is 9.90. The fraction of sp³-hybridized carbons (Fsp3) is 0.364. The first kappa shape index (κ1) is 15.7. The monoisotopic (exact) mass is 365 g/mol. The van der Waals surface area contributed by atoms with Gasteiger partial charge in [0.2, 0.25) is 0 Å². The van der Waals surface area contributed by atoms with Gasteiger partial charge in [0.25, 0.3) is 0 Å².